The number of benzene rings is 1. The monoisotopic (exact) mass is 263 g/mol. The summed E-state index contributed by atoms with van der Waals surface area (Å²) in [6.45, 7) is 2.00. The molecule has 0 saturated carbocycles. The van der Waals surface area contributed by atoms with Crippen molar-refractivity contribution in [2.45, 2.75) is 12.8 Å². The molecule has 0 spiro atoms. The minimum atomic E-state index is 0.363. The van der Waals surface area contributed by atoms with Crippen LogP contribution < -0.4 is 9.47 Å². The number of hydrogen-bond donors (Lipinski definition) is 0. The van der Waals surface area contributed by atoms with Crippen molar-refractivity contribution in [3.05, 3.63) is 47.7 Å². The van der Waals surface area contributed by atoms with Gasteiger partial charge in [-0.25, -0.2) is 4.98 Å². The Morgan fingerprint density at radius 2 is 2.00 bits per heavy atom. The molecule has 3 nitrogen and oxygen atoms in total. The maximum Gasteiger partial charge on any atom is 0.219 e. The molecule has 0 unspecified atom stereocenters. The summed E-state index contributed by atoms with van der Waals surface area (Å²) >= 11 is 5.74. The summed E-state index contributed by atoms with van der Waals surface area (Å²) in [5.41, 5.74) is 1.89. The van der Waals surface area contributed by atoms with Crippen LogP contribution in [-0.2, 0) is 5.88 Å². The van der Waals surface area contributed by atoms with Crippen molar-refractivity contribution in [1.29, 1.82) is 0 Å². The molecular formula is C14H14ClNO2. The molecule has 18 heavy (non-hydrogen) atoms. The van der Waals surface area contributed by atoms with E-state index in [-0.39, 0.29) is 0 Å². The fourth-order valence-corrected chi connectivity index (χ4v) is 1.71. The van der Waals surface area contributed by atoms with E-state index in [1.807, 2.05) is 37.3 Å². The normalized spacial score (nSPS) is 10.2. The predicted octanol–water partition coefficient (Wildman–Crippen LogP) is 3.93. The molecule has 0 amide bonds. The number of halogens is 1. The third-order valence-electron chi connectivity index (χ3n) is 2.45. The zero-order valence-corrected chi connectivity index (χ0v) is 11.1. The highest BCUT2D eigenvalue weighted by Gasteiger charge is 2.06. The summed E-state index contributed by atoms with van der Waals surface area (Å²) in [6.07, 6.45) is 0. The number of aromatic nitrogens is 1. The van der Waals surface area contributed by atoms with Crippen LogP contribution in [0.3, 0.4) is 0 Å². The number of ether oxygens (including phenoxy) is 2. The Kier molecular flexibility index (Phi) is 4.05. The van der Waals surface area contributed by atoms with E-state index in [9.17, 15) is 0 Å². The van der Waals surface area contributed by atoms with Gasteiger partial charge < -0.3 is 9.47 Å². The van der Waals surface area contributed by atoms with Gasteiger partial charge in [-0.05, 0) is 30.7 Å². The Morgan fingerprint density at radius 3 is 2.72 bits per heavy atom. The molecule has 1 aromatic carbocycles. The number of hydrogen-bond acceptors (Lipinski definition) is 3. The highest BCUT2D eigenvalue weighted by molar-refractivity contribution is 6.16. The van der Waals surface area contributed by atoms with Crippen molar-refractivity contribution in [3.63, 3.8) is 0 Å². The molecule has 0 N–H and O–H groups in total. The summed E-state index contributed by atoms with van der Waals surface area (Å²) in [6, 6.07) is 11.2. The van der Waals surface area contributed by atoms with E-state index in [0.717, 1.165) is 11.3 Å². The van der Waals surface area contributed by atoms with Crippen molar-refractivity contribution in [2.75, 3.05) is 7.11 Å². The van der Waals surface area contributed by atoms with Gasteiger partial charge in [-0.3, -0.25) is 0 Å². The lowest BCUT2D eigenvalue weighted by molar-refractivity contribution is 0.373. The molecular weight excluding hydrogens is 250 g/mol. The zero-order valence-electron chi connectivity index (χ0n) is 10.3. The van der Waals surface area contributed by atoms with Crippen molar-refractivity contribution < 1.29 is 9.47 Å². The van der Waals surface area contributed by atoms with E-state index in [1.165, 1.54) is 0 Å². The van der Waals surface area contributed by atoms with E-state index in [4.69, 9.17) is 21.1 Å². The molecule has 1 aromatic heterocycles. The van der Waals surface area contributed by atoms with Gasteiger partial charge in [-0.15, -0.1) is 11.6 Å². The van der Waals surface area contributed by atoms with Crippen LogP contribution in [0.5, 0.6) is 17.4 Å². The van der Waals surface area contributed by atoms with Crippen molar-refractivity contribution in [1.82, 2.24) is 4.98 Å². The Morgan fingerprint density at radius 1 is 1.17 bits per heavy atom. The first kappa shape index (κ1) is 12.7. The lowest BCUT2D eigenvalue weighted by atomic mass is 10.2. The lowest BCUT2D eigenvalue weighted by Crippen LogP contribution is -1.94. The van der Waals surface area contributed by atoms with Crippen molar-refractivity contribution in [2.24, 2.45) is 0 Å². The Hall–Kier alpha value is -1.74. The van der Waals surface area contributed by atoms with Crippen molar-refractivity contribution >= 4 is 11.6 Å². The Balaban J connectivity index is 2.27. The first-order valence-corrected chi connectivity index (χ1v) is 6.11. The van der Waals surface area contributed by atoms with Crippen molar-refractivity contribution in [3.8, 4) is 17.4 Å². The minimum absolute atomic E-state index is 0.363. The average Bonchev–Trinajstić information content (AvgIpc) is 2.41. The number of rotatable bonds is 4. The van der Waals surface area contributed by atoms with Crippen LogP contribution in [0.4, 0.5) is 0 Å². The lowest BCUT2D eigenvalue weighted by Gasteiger charge is -2.10. The maximum absolute atomic E-state index is 5.74. The van der Waals surface area contributed by atoms with Gasteiger partial charge in [0.05, 0.1) is 18.7 Å². The van der Waals surface area contributed by atoms with E-state index < -0.39 is 0 Å². The molecule has 94 valence electrons. The molecule has 2 rings (SSSR count). The molecule has 1 heterocycles. The number of pyridine rings is 1. The molecule has 0 aliphatic heterocycles. The third-order valence-corrected chi connectivity index (χ3v) is 2.73. The molecule has 0 fully saturated rings. The topological polar surface area (TPSA) is 31.4 Å². The number of methoxy groups -OCH3 is 1. The number of aryl methyl sites for hydroxylation is 1. The smallest absolute Gasteiger partial charge is 0.219 e. The standard InChI is InChI=1S/C14H14ClNO2/c1-10-6-7-12(13(8-10)17-2)18-14-5-3-4-11(9-15)16-14/h3-8H,9H2,1-2H3. The maximum atomic E-state index is 5.74. The van der Waals surface area contributed by atoms with Gasteiger partial charge >= 0.3 is 0 Å². The van der Waals surface area contributed by atoms with Gasteiger partial charge in [0.2, 0.25) is 5.88 Å². The molecule has 0 saturated heterocycles. The summed E-state index contributed by atoms with van der Waals surface area (Å²) in [5.74, 6) is 2.20. The predicted molar refractivity (Wildman–Crippen MR) is 71.6 cm³/mol. The van der Waals surface area contributed by atoms with E-state index in [1.54, 1.807) is 13.2 Å². The minimum Gasteiger partial charge on any atom is -0.493 e. The highest BCUT2D eigenvalue weighted by atomic mass is 35.5. The summed E-state index contributed by atoms with van der Waals surface area (Å²) in [7, 11) is 1.62. The van der Waals surface area contributed by atoms with Crippen LogP contribution in [0.1, 0.15) is 11.3 Å². The fourth-order valence-electron chi connectivity index (χ4n) is 1.56. The molecule has 2 aromatic rings. The van der Waals surface area contributed by atoms with Gasteiger partial charge in [0.25, 0.3) is 0 Å². The van der Waals surface area contributed by atoms with Crippen LogP contribution in [0.25, 0.3) is 0 Å². The fraction of sp³-hybridized carbons (Fsp3) is 0.214. The van der Waals surface area contributed by atoms with Crippen LogP contribution >= 0.6 is 11.6 Å². The van der Waals surface area contributed by atoms with Gasteiger partial charge in [0.1, 0.15) is 0 Å². The van der Waals surface area contributed by atoms with Crippen LogP contribution in [0.2, 0.25) is 0 Å². The van der Waals surface area contributed by atoms with Gasteiger partial charge in [0, 0.05) is 6.07 Å². The summed E-state index contributed by atoms with van der Waals surface area (Å²) in [4.78, 5) is 4.27. The van der Waals surface area contributed by atoms with Gasteiger partial charge in [-0.1, -0.05) is 12.1 Å². The Labute approximate surface area is 111 Å². The number of nitrogens with zero attached hydrogens (tertiary/aromatic N) is 1. The number of alkyl halides is 1. The van der Waals surface area contributed by atoms with Crippen LogP contribution in [-0.4, -0.2) is 12.1 Å². The second-order valence-corrected chi connectivity index (χ2v) is 4.12. The second-order valence-electron chi connectivity index (χ2n) is 3.86. The first-order valence-electron chi connectivity index (χ1n) is 5.57. The average molecular weight is 264 g/mol. The van der Waals surface area contributed by atoms with E-state index >= 15 is 0 Å². The molecule has 0 radical (unpaired) electrons. The molecule has 0 aliphatic rings. The second kappa shape index (κ2) is 5.74. The first-order chi connectivity index (χ1) is 8.72. The largest absolute Gasteiger partial charge is 0.493 e. The van der Waals surface area contributed by atoms with Crippen LogP contribution in [0, 0.1) is 6.92 Å². The Bertz CT molecular complexity index is 543. The molecule has 0 atom stereocenters. The quantitative estimate of drug-likeness (QED) is 0.783. The van der Waals surface area contributed by atoms with Crippen LogP contribution in [0.15, 0.2) is 36.4 Å². The molecule has 4 heteroatoms. The molecule has 0 bridgehead atoms. The molecule has 0 aliphatic carbocycles. The SMILES string of the molecule is COc1cc(C)ccc1Oc1cccc(CCl)n1. The summed E-state index contributed by atoms with van der Waals surface area (Å²) < 4.78 is 11.0. The van der Waals surface area contributed by atoms with Gasteiger partial charge in [0.15, 0.2) is 11.5 Å². The summed E-state index contributed by atoms with van der Waals surface area (Å²) in [5, 5.41) is 0. The zero-order chi connectivity index (χ0) is 13.0. The van der Waals surface area contributed by atoms with E-state index in [0.29, 0.717) is 23.3 Å². The van der Waals surface area contributed by atoms with E-state index in [2.05, 4.69) is 4.98 Å². The third kappa shape index (κ3) is 2.93. The highest BCUT2D eigenvalue weighted by Crippen LogP contribution is 2.31. The van der Waals surface area contributed by atoms with Gasteiger partial charge in [-0.2, -0.15) is 0 Å².